The quantitative estimate of drug-likeness (QED) is 0.762. The van der Waals surface area contributed by atoms with Crippen molar-refractivity contribution in [3.8, 4) is 0 Å². The Morgan fingerprint density at radius 3 is 2.72 bits per heavy atom. The Balaban J connectivity index is 2.55. The van der Waals surface area contributed by atoms with Gasteiger partial charge in [-0.1, -0.05) is 6.92 Å². The highest BCUT2D eigenvalue weighted by Gasteiger charge is 2.29. The van der Waals surface area contributed by atoms with Crippen LogP contribution in [0.25, 0.3) is 0 Å². The third kappa shape index (κ3) is 4.79. The summed E-state index contributed by atoms with van der Waals surface area (Å²) in [5, 5.41) is 5.56. The molecule has 1 aromatic heterocycles. The molecule has 0 saturated carbocycles. The third-order valence-electron chi connectivity index (χ3n) is 2.25. The molecule has 1 amide bonds. The van der Waals surface area contributed by atoms with Crippen LogP contribution in [0.15, 0.2) is 18.3 Å². The van der Waals surface area contributed by atoms with Crippen molar-refractivity contribution >= 4 is 5.91 Å². The van der Waals surface area contributed by atoms with E-state index in [0.29, 0.717) is 13.1 Å². The smallest absolute Gasteiger partial charge is 0.349 e. The lowest BCUT2D eigenvalue weighted by molar-refractivity contribution is -0.140. The number of hydrogen-bond donors (Lipinski definition) is 2. The van der Waals surface area contributed by atoms with Crippen LogP contribution in [0.4, 0.5) is 13.2 Å². The number of nitrogens with zero attached hydrogens (tertiary/aromatic N) is 1. The Morgan fingerprint density at radius 1 is 1.39 bits per heavy atom. The van der Waals surface area contributed by atoms with Gasteiger partial charge in [-0.05, 0) is 18.7 Å². The van der Waals surface area contributed by atoms with Crippen molar-refractivity contribution in [2.75, 3.05) is 19.6 Å². The van der Waals surface area contributed by atoms with Crippen molar-refractivity contribution in [3.05, 3.63) is 24.0 Å². The van der Waals surface area contributed by atoms with Crippen LogP contribution < -0.4 is 10.6 Å². The summed E-state index contributed by atoms with van der Waals surface area (Å²) in [6, 6.07) is 2.79. The molecule has 0 radical (unpaired) electrons. The average Bonchev–Trinajstić information content (AvgIpc) is 2.69. The van der Waals surface area contributed by atoms with Gasteiger partial charge in [0.1, 0.15) is 12.2 Å². The predicted octanol–water partition coefficient (Wildman–Crippen LogP) is 1.39. The Kier molecular flexibility index (Phi) is 5.21. The lowest BCUT2D eigenvalue weighted by Gasteiger charge is -2.12. The van der Waals surface area contributed by atoms with Crippen LogP contribution in [0, 0.1) is 0 Å². The molecular weight excluding hydrogens is 247 g/mol. The maximum atomic E-state index is 12.3. The van der Waals surface area contributed by atoms with Crippen molar-refractivity contribution in [1.82, 2.24) is 15.2 Å². The normalized spacial score (nSPS) is 11.6. The topological polar surface area (TPSA) is 46.1 Å². The van der Waals surface area contributed by atoms with Crippen LogP contribution >= 0.6 is 0 Å². The number of amides is 1. The van der Waals surface area contributed by atoms with E-state index in [0.717, 1.165) is 11.1 Å². The summed E-state index contributed by atoms with van der Waals surface area (Å²) in [6.07, 6.45) is -3.09. The van der Waals surface area contributed by atoms with Crippen LogP contribution in [0.5, 0.6) is 0 Å². The fourth-order valence-electron chi connectivity index (χ4n) is 1.48. The van der Waals surface area contributed by atoms with Gasteiger partial charge in [-0.25, -0.2) is 0 Å². The molecule has 102 valence electrons. The van der Waals surface area contributed by atoms with Crippen LogP contribution in [0.2, 0.25) is 0 Å². The van der Waals surface area contributed by atoms with Gasteiger partial charge in [0.15, 0.2) is 0 Å². The lowest BCUT2D eigenvalue weighted by Crippen LogP contribution is -2.33. The molecular formula is C11H16F3N3O. The largest absolute Gasteiger partial charge is 0.406 e. The summed E-state index contributed by atoms with van der Waals surface area (Å²) in [5.41, 5.74) is 0.0174. The second kappa shape index (κ2) is 6.44. The minimum Gasteiger partial charge on any atom is -0.349 e. The van der Waals surface area contributed by atoms with Gasteiger partial charge >= 0.3 is 6.18 Å². The average molecular weight is 263 g/mol. The molecule has 0 bridgehead atoms. The molecule has 0 aliphatic carbocycles. The highest BCUT2D eigenvalue weighted by molar-refractivity contribution is 5.92. The van der Waals surface area contributed by atoms with E-state index in [1.807, 2.05) is 6.92 Å². The molecule has 18 heavy (non-hydrogen) atoms. The SMILES string of the molecule is CCNCCNC(=O)c1cccn1CC(F)(F)F. The summed E-state index contributed by atoms with van der Waals surface area (Å²) in [7, 11) is 0. The number of aromatic nitrogens is 1. The van der Waals surface area contributed by atoms with Crippen LogP contribution in [0.1, 0.15) is 17.4 Å². The van der Waals surface area contributed by atoms with E-state index >= 15 is 0 Å². The van der Waals surface area contributed by atoms with Crippen LogP contribution in [-0.2, 0) is 6.54 Å². The molecule has 0 aliphatic rings. The summed E-state index contributed by atoms with van der Waals surface area (Å²) < 4.78 is 37.6. The van der Waals surface area contributed by atoms with Crippen LogP contribution in [-0.4, -0.2) is 36.3 Å². The summed E-state index contributed by atoms with van der Waals surface area (Å²) >= 11 is 0. The number of alkyl halides is 3. The molecule has 0 aromatic carbocycles. The first-order valence-corrected chi connectivity index (χ1v) is 5.65. The Hall–Kier alpha value is -1.50. The first-order valence-electron chi connectivity index (χ1n) is 5.65. The van der Waals surface area contributed by atoms with E-state index in [4.69, 9.17) is 0 Å². The second-order valence-electron chi connectivity index (χ2n) is 3.75. The Morgan fingerprint density at radius 2 is 2.11 bits per heavy atom. The molecule has 4 nitrogen and oxygen atoms in total. The van der Waals surface area contributed by atoms with E-state index in [1.165, 1.54) is 18.3 Å². The van der Waals surface area contributed by atoms with Gasteiger partial charge in [-0.15, -0.1) is 0 Å². The second-order valence-corrected chi connectivity index (χ2v) is 3.75. The number of carbonyl (C=O) groups excluding carboxylic acids is 1. The molecule has 0 unspecified atom stereocenters. The van der Waals surface area contributed by atoms with Crippen molar-refractivity contribution in [1.29, 1.82) is 0 Å². The standard InChI is InChI=1S/C11H16F3N3O/c1-2-15-5-6-16-10(18)9-4-3-7-17(9)8-11(12,13)14/h3-4,7,15H,2,5-6,8H2,1H3,(H,16,18). The molecule has 0 spiro atoms. The minimum absolute atomic E-state index is 0.0174. The zero-order chi connectivity index (χ0) is 13.6. The van der Waals surface area contributed by atoms with Gasteiger partial charge in [0.25, 0.3) is 5.91 Å². The van der Waals surface area contributed by atoms with Gasteiger partial charge in [-0.2, -0.15) is 13.2 Å². The van der Waals surface area contributed by atoms with Crippen molar-refractivity contribution in [3.63, 3.8) is 0 Å². The van der Waals surface area contributed by atoms with Gasteiger partial charge in [0.2, 0.25) is 0 Å². The van der Waals surface area contributed by atoms with Crippen molar-refractivity contribution < 1.29 is 18.0 Å². The first-order chi connectivity index (χ1) is 8.44. The molecule has 2 N–H and O–H groups in total. The van der Waals surface area contributed by atoms with Gasteiger partial charge in [0.05, 0.1) is 0 Å². The molecule has 1 rings (SSSR count). The number of nitrogens with one attached hydrogen (secondary N) is 2. The zero-order valence-electron chi connectivity index (χ0n) is 10.0. The molecule has 0 fully saturated rings. The van der Waals surface area contributed by atoms with E-state index in [9.17, 15) is 18.0 Å². The number of halogens is 3. The summed E-state index contributed by atoms with van der Waals surface area (Å²) in [4.78, 5) is 11.6. The minimum atomic E-state index is -4.34. The molecule has 7 heteroatoms. The van der Waals surface area contributed by atoms with Gasteiger partial charge < -0.3 is 15.2 Å². The molecule has 0 aliphatic heterocycles. The van der Waals surface area contributed by atoms with Crippen molar-refractivity contribution in [2.45, 2.75) is 19.6 Å². The zero-order valence-corrected chi connectivity index (χ0v) is 10.0. The molecule has 1 heterocycles. The fourth-order valence-corrected chi connectivity index (χ4v) is 1.48. The summed E-state index contributed by atoms with van der Waals surface area (Å²) in [5.74, 6) is -0.498. The van der Waals surface area contributed by atoms with E-state index in [1.54, 1.807) is 0 Å². The molecule has 0 saturated heterocycles. The third-order valence-corrected chi connectivity index (χ3v) is 2.25. The number of rotatable bonds is 6. The van der Waals surface area contributed by atoms with Crippen molar-refractivity contribution in [2.24, 2.45) is 0 Å². The maximum absolute atomic E-state index is 12.3. The molecule has 0 atom stereocenters. The number of hydrogen-bond acceptors (Lipinski definition) is 2. The number of likely N-dealkylation sites (N-methyl/N-ethyl adjacent to an activating group) is 1. The van der Waals surface area contributed by atoms with Gasteiger partial charge in [0, 0.05) is 19.3 Å². The Bertz CT molecular complexity index is 387. The van der Waals surface area contributed by atoms with Crippen LogP contribution in [0.3, 0.4) is 0 Å². The predicted molar refractivity (Wildman–Crippen MR) is 61.4 cm³/mol. The lowest BCUT2D eigenvalue weighted by atomic mass is 10.4. The van der Waals surface area contributed by atoms with E-state index < -0.39 is 18.6 Å². The monoisotopic (exact) mass is 263 g/mol. The van der Waals surface area contributed by atoms with E-state index in [2.05, 4.69) is 10.6 Å². The Labute approximate surface area is 103 Å². The van der Waals surface area contributed by atoms with Gasteiger partial charge in [-0.3, -0.25) is 4.79 Å². The summed E-state index contributed by atoms with van der Waals surface area (Å²) in [6.45, 7) is 2.51. The first kappa shape index (κ1) is 14.6. The highest BCUT2D eigenvalue weighted by Crippen LogP contribution is 2.18. The maximum Gasteiger partial charge on any atom is 0.406 e. The fraction of sp³-hybridized carbons (Fsp3) is 0.545. The highest BCUT2D eigenvalue weighted by atomic mass is 19.4. The molecule has 1 aromatic rings. The van der Waals surface area contributed by atoms with E-state index in [-0.39, 0.29) is 5.69 Å². The number of carbonyl (C=O) groups is 1.